The van der Waals surface area contributed by atoms with E-state index in [0.29, 0.717) is 6.61 Å². The summed E-state index contributed by atoms with van der Waals surface area (Å²) in [7, 11) is -2.10. The molecular formula is C2H8ClO3P. The van der Waals surface area contributed by atoms with Crippen LogP contribution in [0.2, 0.25) is 0 Å². The number of halogens is 1. The number of rotatable bonds is 2. The van der Waals surface area contributed by atoms with Crippen molar-refractivity contribution in [2.24, 2.45) is 0 Å². The van der Waals surface area contributed by atoms with E-state index in [1.807, 2.05) is 0 Å². The van der Waals surface area contributed by atoms with E-state index < -0.39 is 8.60 Å². The molecule has 0 saturated heterocycles. The van der Waals surface area contributed by atoms with Crippen LogP contribution in [0, 0.1) is 0 Å². The van der Waals surface area contributed by atoms with Gasteiger partial charge in [0.15, 0.2) is 0 Å². The predicted molar refractivity (Wildman–Crippen MR) is 30.2 cm³/mol. The average Bonchev–Trinajstić information content (AvgIpc) is 1.35. The molecule has 0 spiro atoms. The van der Waals surface area contributed by atoms with Crippen LogP contribution in [-0.4, -0.2) is 16.4 Å². The van der Waals surface area contributed by atoms with Crippen molar-refractivity contribution in [2.75, 3.05) is 6.61 Å². The Labute approximate surface area is 49.7 Å². The summed E-state index contributed by atoms with van der Waals surface area (Å²) >= 11 is 0. The minimum Gasteiger partial charge on any atom is -0.328 e. The van der Waals surface area contributed by atoms with Crippen LogP contribution in [0.4, 0.5) is 0 Å². The molecule has 0 aliphatic rings. The SMILES string of the molecule is CCOP(O)O.Cl. The fraction of sp³-hybridized carbons (Fsp3) is 1.00. The largest absolute Gasteiger partial charge is 0.328 e. The van der Waals surface area contributed by atoms with Crippen molar-refractivity contribution in [3.63, 3.8) is 0 Å². The first-order chi connectivity index (χ1) is 2.77. The van der Waals surface area contributed by atoms with Crippen LogP contribution in [0.3, 0.4) is 0 Å². The van der Waals surface area contributed by atoms with Crippen molar-refractivity contribution in [1.29, 1.82) is 0 Å². The maximum Gasteiger partial charge on any atom is 0.327 e. The summed E-state index contributed by atoms with van der Waals surface area (Å²) in [6.07, 6.45) is 0. The molecule has 0 aliphatic heterocycles. The molecule has 0 atom stereocenters. The van der Waals surface area contributed by atoms with Gasteiger partial charge in [0.1, 0.15) is 0 Å². The molecule has 0 heterocycles. The zero-order valence-corrected chi connectivity index (χ0v) is 5.58. The molecule has 5 heteroatoms. The first-order valence-electron chi connectivity index (χ1n) is 1.58. The highest BCUT2D eigenvalue weighted by Gasteiger charge is 1.91. The first kappa shape index (κ1) is 10.6. The molecule has 0 aromatic rings. The van der Waals surface area contributed by atoms with Crippen LogP contribution in [-0.2, 0) is 4.52 Å². The fourth-order valence-corrected chi connectivity index (χ4v) is 0.346. The molecule has 0 radical (unpaired) electrons. The Morgan fingerprint density at radius 1 is 1.57 bits per heavy atom. The van der Waals surface area contributed by atoms with Crippen molar-refractivity contribution in [2.45, 2.75) is 6.92 Å². The molecule has 0 aliphatic carbocycles. The van der Waals surface area contributed by atoms with E-state index in [-0.39, 0.29) is 12.4 Å². The lowest BCUT2D eigenvalue weighted by Gasteiger charge is -1.95. The van der Waals surface area contributed by atoms with Crippen LogP contribution >= 0.6 is 21.0 Å². The zero-order valence-electron chi connectivity index (χ0n) is 3.87. The Morgan fingerprint density at radius 3 is 2.00 bits per heavy atom. The van der Waals surface area contributed by atoms with E-state index in [1.54, 1.807) is 6.92 Å². The van der Waals surface area contributed by atoms with Gasteiger partial charge in [-0.15, -0.1) is 12.4 Å². The number of hydrogen-bond donors (Lipinski definition) is 2. The van der Waals surface area contributed by atoms with E-state index in [4.69, 9.17) is 9.79 Å². The van der Waals surface area contributed by atoms with Gasteiger partial charge in [0.2, 0.25) is 0 Å². The summed E-state index contributed by atoms with van der Waals surface area (Å²) in [5, 5.41) is 0. The van der Waals surface area contributed by atoms with Crippen LogP contribution < -0.4 is 0 Å². The molecule has 2 N–H and O–H groups in total. The van der Waals surface area contributed by atoms with Gasteiger partial charge in [0.05, 0.1) is 6.61 Å². The van der Waals surface area contributed by atoms with Crippen LogP contribution in [0.15, 0.2) is 0 Å². The lowest BCUT2D eigenvalue weighted by molar-refractivity contribution is 0.269. The van der Waals surface area contributed by atoms with E-state index in [9.17, 15) is 0 Å². The maximum absolute atomic E-state index is 7.95. The van der Waals surface area contributed by atoms with Gasteiger partial charge in [-0.05, 0) is 6.92 Å². The Balaban J connectivity index is 0. The van der Waals surface area contributed by atoms with Crippen LogP contribution in [0.1, 0.15) is 6.92 Å². The molecule has 0 rings (SSSR count). The normalized spacial score (nSPS) is 8.57. The summed E-state index contributed by atoms with van der Waals surface area (Å²) in [6.45, 7) is 2.06. The summed E-state index contributed by atoms with van der Waals surface area (Å²) in [4.78, 5) is 15.9. The molecule has 0 aromatic carbocycles. The molecule has 46 valence electrons. The second-order valence-corrected chi connectivity index (χ2v) is 1.43. The zero-order chi connectivity index (χ0) is 4.99. The van der Waals surface area contributed by atoms with Crippen LogP contribution in [0.5, 0.6) is 0 Å². The monoisotopic (exact) mass is 146 g/mol. The molecule has 0 unspecified atom stereocenters. The Morgan fingerprint density at radius 2 is 2.00 bits per heavy atom. The van der Waals surface area contributed by atoms with Crippen molar-refractivity contribution in [1.82, 2.24) is 0 Å². The third-order valence-corrected chi connectivity index (χ3v) is 0.734. The molecule has 0 aromatic heterocycles. The van der Waals surface area contributed by atoms with Gasteiger partial charge in [0, 0.05) is 0 Å². The third-order valence-electron chi connectivity index (χ3n) is 0.245. The maximum atomic E-state index is 7.95. The standard InChI is InChI=1S/C2H7O3P.ClH/c1-2-5-6(3)4;/h3-4H,2H2,1H3;1H. The van der Waals surface area contributed by atoms with Gasteiger partial charge in [-0.25, -0.2) is 0 Å². The molecule has 0 bridgehead atoms. The lowest BCUT2D eigenvalue weighted by Crippen LogP contribution is -1.78. The highest BCUT2D eigenvalue weighted by Crippen LogP contribution is 2.22. The minimum absolute atomic E-state index is 0. The van der Waals surface area contributed by atoms with Crippen molar-refractivity contribution in [3.05, 3.63) is 0 Å². The molecule has 0 saturated carbocycles. The van der Waals surface area contributed by atoms with Crippen molar-refractivity contribution in [3.8, 4) is 0 Å². The van der Waals surface area contributed by atoms with Gasteiger partial charge >= 0.3 is 8.60 Å². The molecule has 3 nitrogen and oxygen atoms in total. The second-order valence-electron chi connectivity index (χ2n) is 0.671. The van der Waals surface area contributed by atoms with E-state index in [2.05, 4.69) is 4.52 Å². The van der Waals surface area contributed by atoms with E-state index in [0.717, 1.165) is 0 Å². The van der Waals surface area contributed by atoms with Crippen molar-refractivity contribution < 1.29 is 14.3 Å². The smallest absolute Gasteiger partial charge is 0.327 e. The molecular weight excluding hydrogens is 138 g/mol. The van der Waals surface area contributed by atoms with Gasteiger partial charge in [-0.1, -0.05) is 0 Å². The summed E-state index contributed by atoms with van der Waals surface area (Å²) < 4.78 is 4.22. The van der Waals surface area contributed by atoms with Gasteiger partial charge in [0.25, 0.3) is 0 Å². The average molecular weight is 147 g/mol. The van der Waals surface area contributed by atoms with Crippen molar-refractivity contribution >= 4 is 21.0 Å². The second kappa shape index (κ2) is 6.60. The van der Waals surface area contributed by atoms with E-state index >= 15 is 0 Å². The third kappa shape index (κ3) is 10.8. The highest BCUT2D eigenvalue weighted by molar-refractivity contribution is 7.39. The first-order valence-corrected chi connectivity index (χ1v) is 2.74. The summed E-state index contributed by atoms with van der Waals surface area (Å²) in [5.74, 6) is 0. The Kier molecular flexibility index (Phi) is 9.95. The minimum atomic E-state index is -2.10. The predicted octanol–water partition coefficient (Wildman–Crippen LogP) is 0.656. The number of hydrogen-bond acceptors (Lipinski definition) is 3. The summed E-state index contributed by atoms with van der Waals surface area (Å²) in [6, 6.07) is 0. The summed E-state index contributed by atoms with van der Waals surface area (Å²) in [5.41, 5.74) is 0. The van der Waals surface area contributed by atoms with Crippen LogP contribution in [0.25, 0.3) is 0 Å². The Bertz CT molecular complexity index is 34.1. The van der Waals surface area contributed by atoms with E-state index in [1.165, 1.54) is 0 Å². The fourth-order valence-electron chi connectivity index (χ4n) is 0.115. The quantitative estimate of drug-likeness (QED) is 0.563. The van der Waals surface area contributed by atoms with Gasteiger partial charge in [-0.2, -0.15) is 0 Å². The van der Waals surface area contributed by atoms with Gasteiger partial charge in [-0.3, -0.25) is 0 Å². The Hall–Kier alpha value is 0.600. The molecule has 0 amide bonds. The lowest BCUT2D eigenvalue weighted by atomic mass is 10.9. The highest BCUT2D eigenvalue weighted by atomic mass is 35.5. The molecule has 7 heavy (non-hydrogen) atoms. The topological polar surface area (TPSA) is 49.7 Å². The molecule has 0 fully saturated rings. The van der Waals surface area contributed by atoms with Gasteiger partial charge < -0.3 is 14.3 Å².